The third-order valence-corrected chi connectivity index (χ3v) is 4.73. The van der Waals surface area contributed by atoms with E-state index in [1.807, 2.05) is 53.2 Å². The van der Waals surface area contributed by atoms with Crippen LogP contribution in [0.3, 0.4) is 0 Å². The molecule has 7 heteroatoms. The number of para-hydroxylation sites is 1. The number of carbonyl (C=O) groups excluding carboxylic acids is 3. The van der Waals surface area contributed by atoms with E-state index in [4.69, 9.17) is 0 Å². The van der Waals surface area contributed by atoms with Gasteiger partial charge in [0.1, 0.15) is 6.04 Å². The van der Waals surface area contributed by atoms with Crippen molar-refractivity contribution in [1.29, 1.82) is 0 Å². The lowest BCUT2D eigenvalue weighted by molar-refractivity contribution is -0.148. The molecule has 128 valence electrons. The molecule has 1 unspecified atom stereocenters. The number of ether oxygens (including phenoxy) is 1. The Kier molecular flexibility index (Phi) is 4.76. The Morgan fingerprint density at radius 3 is 2.56 bits per heavy atom. The van der Waals surface area contributed by atoms with E-state index in [-0.39, 0.29) is 4.91 Å². The Morgan fingerprint density at radius 2 is 1.88 bits per heavy atom. The zero-order valence-corrected chi connectivity index (χ0v) is 14.5. The van der Waals surface area contributed by atoms with Crippen LogP contribution in [-0.2, 0) is 14.3 Å². The molecule has 0 bridgehead atoms. The Balaban J connectivity index is 1.92. The minimum absolute atomic E-state index is 0.275. The highest BCUT2D eigenvalue weighted by molar-refractivity contribution is 8.18. The zero-order chi connectivity index (χ0) is 18.0. The maximum absolute atomic E-state index is 12.6. The Bertz CT molecular complexity index is 857. The van der Waals surface area contributed by atoms with Gasteiger partial charge in [0, 0.05) is 17.6 Å². The highest BCUT2D eigenvalue weighted by Crippen LogP contribution is 2.34. The molecule has 0 saturated carbocycles. The average Bonchev–Trinajstić information content (AvgIpc) is 3.19. The molecular weight excluding hydrogens is 340 g/mol. The maximum Gasteiger partial charge on any atom is 0.328 e. The number of amides is 2. The van der Waals surface area contributed by atoms with Crippen molar-refractivity contribution < 1.29 is 19.1 Å². The van der Waals surface area contributed by atoms with Crippen molar-refractivity contribution in [2.24, 2.45) is 0 Å². The number of hydrogen-bond acceptors (Lipinski definition) is 5. The van der Waals surface area contributed by atoms with Crippen LogP contribution in [-0.4, -0.2) is 39.7 Å². The first-order valence-electron chi connectivity index (χ1n) is 7.60. The molecule has 2 aromatic rings. The van der Waals surface area contributed by atoms with E-state index in [2.05, 4.69) is 4.74 Å². The van der Waals surface area contributed by atoms with Gasteiger partial charge in [0.05, 0.1) is 12.0 Å². The fourth-order valence-corrected chi connectivity index (χ4v) is 3.45. The molecule has 0 spiro atoms. The van der Waals surface area contributed by atoms with Crippen molar-refractivity contribution in [3.05, 3.63) is 59.3 Å². The maximum atomic E-state index is 12.6. The van der Waals surface area contributed by atoms with E-state index in [1.165, 1.54) is 14.0 Å². The number of thioether (sulfide) groups is 1. The van der Waals surface area contributed by atoms with E-state index in [0.29, 0.717) is 0 Å². The van der Waals surface area contributed by atoms with Crippen LogP contribution in [0.1, 0.15) is 12.6 Å². The summed E-state index contributed by atoms with van der Waals surface area (Å²) in [7, 11) is 1.22. The van der Waals surface area contributed by atoms with E-state index < -0.39 is 23.2 Å². The number of benzene rings is 1. The molecule has 1 aliphatic rings. The summed E-state index contributed by atoms with van der Waals surface area (Å²) in [5.41, 5.74) is 1.71. The van der Waals surface area contributed by atoms with Crippen LogP contribution in [0.5, 0.6) is 0 Å². The van der Waals surface area contributed by atoms with Gasteiger partial charge in [-0.3, -0.25) is 14.5 Å². The highest BCUT2D eigenvalue weighted by atomic mass is 32.2. The molecule has 0 radical (unpaired) electrons. The molecule has 1 saturated heterocycles. The van der Waals surface area contributed by atoms with Crippen LogP contribution in [0.4, 0.5) is 4.79 Å². The first kappa shape index (κ1) is 17.0. The van der Waals surface area contributed by atoms with Crippen LogP contribution in [0.25, 0.3) is 11.8 Å². The van der Waals surface area contributed by atoms with Gasteiger partial charge in [0.25, 0.3) is 11.1 Å². The fourth-order valence-electron chi connectivity index (χ4n) is 2.56. The van der Waals surface area contributed by atoms with E-state index >= 15 is 0 Å². The van der Waals surface area contributed by atoms with Gasteiger partial charge in [-0.05, 0) is 49.0 Å². The highest BCUT2D eigenvalue weighted by Gasteiger charge is 2.41. The molecule has 1 aromatic heterocycles. The predicted molar refractivity (Wildman–Crippen MR) is 95.1 cm³/mol. The molecule has 0 aliphatic carbocycles. The number of esters is 1. The second-order valence-corrected chi connectivity index (χ2v) is 6.38. The normalized spacial score (nSPS) is 17.2. The topological polar surface area (TPSA) is 68.6 Å². The summed E-state index contributed by atoms with van der Waals surface area (Å²) in [5.74, 6) is -1.12. The lowest BCUT2D eigenvalue weighted by Crippen LogP contribution is -2.42. The predicted octanol–water partition coefficient (Wildman–Crippen LogP) is 3.08. The SMILES string of the molecule is COC(=O)C(C)N1C(=O)SC(=Cc2cccn2-c2ccccc2)C1=O. The largest absolute Gasteiger partial charge is 0.467 e. The summed E-state index contributed by atoms with van der Waals surface area (Å²) in [6, 6.07) is 12.4. The number of nitrogens with zero attached hydrogens (tertiary/aromatic N) is 2. The van der Waals surface area contributed by atoms with Crippen molar-refractivity contribution in [3.8, 4) is 5.69 Å². The van der Waals surface area contributed by atoms with Gasteiger partial charge in [0.15, 0.2) is 0 Å². The second kappa shape index (κ2) is 6.98. The second-order valence-electron chi connectivity index (χ2n) is 5.39. The first-order chi connectivity index (χ1) is 12.0. The van der Waals surface area contributed by atoms with E-state index in [0.717, 1.165) is 28.0 Å². The molecule has 6 nitrogen and oxygen atoms in total. The standard InChI is InChI=1S/C18H16N2O4S/c1-12(17(22)24-2)20-16(21)15(25-18(20)23)11-14-9-6-10-19(14)13-7-4-3-5-8-13/h3-12H,1-2H3. The van der Waals surface area contributed by atoms with Gasteiger partial charge in [0.2, 0.25) is 0 Å². The van der Waals surface area contributed by atoms with Crippen molar-refractivity contribution in [3.63, 3.8) is 0 Å². The number of rotatable bonds is 4. The molecular formula is C18H16N2O4S. The zero-order valence-electron chi connectivity index (χ0n) is 13.7. The molecule has 1 aromatic carbocycles. The molecule has 3 rings (SSSR count). The summed E-state index contributed by atoms with van der Waals surface area (Å²) in [6.07, 6.45) is 3.53. The summed E-state index contributed by atoms with van der Waals surface area (Å²) < 4.78 is 6.54. The van der Waals surface area contributed by atoms with Crippen LogP contribution in [0, 0.1) is 0 Å². The molecule has 0 N–H and O–H groups in total. The van der Waals surface area contributed by atoms with Gasteiger partial charge >= 0.3 is 5.97 Å². The summed E-state index contributed by atoms with van der Waals surface area (Å²) in [6.45, 7) is 1.47. The van der Waals surface area contributed by atoms with Gasteiger partial charge in [-0.15, -0.1) is 0 Å². The molecule has 25 heavy (non-hydrogen) atoms. The van der Waals surface area contributed by atoms with Crippen LogP contribution >= 0.6 is 11.8 Å². The summed E-state index contributed by atoms with van der Waals surface area (Å²) >= 11 is 0.818. The number of hydrogen-bond donors (Lipinski definition) is 0. The monoisotopic (exact) mass is 356 g/mol. The smallest absolute Gasteiger partial charge is 0.328 e. The van der Waals surface area contributed by atoms with E-state index in [1.54, 1.807) is 6.08 Å². The lowest BCUT2D eigenvalue weighted by Gasteiger charge is -2.18. The Morgan fingerprint density at radius 1 is 1.16 bits per heavy atom. The van der Waals surface area contributed by atoms with Crippen molar-refractivity contribution in [2.75, 3.05) is 7.11 Å². The third-order valence-electron chi connectivity index (χ3n) is 3.85. The van der Waals surface area contributed by atoms with Gasteiger partial charge in [-0.1, -0.05) is 18.2 Å². The van der Waals surface area contributed by atoms with Crippen molar-refractivity contribution >= 4 is 35.0 Å². The Labute approximate surface area is 149 Å². The molecule has 1 aliphatic heterocycles. The molecule has 2 amide bonds. The average molecular weight is 356 g/mol. The molecule has 1 fully saturated rings. The van der Waals surface area contributed by atoms with Gasteiger partial charge in [-0.25, -0.2) is 4.79 Å². The van der Waals surface area contributed by atoms with Gasteiger partial charge in [-0.2, -0.15) is 0 Å². The molecule has 1 atom stereocenters. The number of carbonyl (C=O) groups is 3. The van der Waals surface area contributed by atoms with Crippen molar-refractivity contribution in [1.82, 2.24) is 9.47 Å². The number of imide groups is 1. The third kappa shape index (κ3) is 3.23. The first-order valence-corrected chi connectivity index (χ1v) is 8.42. The van der Waals surface area contributed by atoms with Crippen LogP contribution < -0.4 is 0 Å². The van der Waals surface area contributed by atoms with Crippen LogP contribution in [0.2, 0.25) is 0 Å². The Hall–Kier alpha value is -2.80. The van der Waals surface area contributed by atoms with Crippen molar-refractivity contribution in [2.45, 2.75) is 13.0 Å². The van der Waals surface area contributed by atoms with Gasteiger partial charge < -0.3 is 9.30 Å². The minimum atomic E-state index is -0.954. The minimum Gasteiger partial charge on any atom is -0.467 e. The van der Waals surface area contributed by atoms with Crippen LogP contribution in [0.15, 0.2) is 53.6 Å². The number of methoxy groups -OCH3 is 1. The summed E-state index contributed by atoms with van der Waals surface area (Å²) in [4.78, 5) is 37.6. The quantitative estimate of drug-likeness (QED) is 0.622. The number of aromatic nitrogens is 1. The fraction of sp³-hybridized carbons (Fsp3) is 0.167. The summed E-state index contributed by atoms with van der Waals surface area (Å²) in [5, 5.41) is -0.480. The molecule has 2 heterocycles. The lowest BCUT2D eigenvalue weighted by atomic mass is 10.2. The van der Waals surface area contributed by atoms with E-state index in [9.17, 15) is 14.4 Å².